The predicted molar refractivity (Wildman–Crippen MR) is 97.9 cm³/mol. The third-order valence-corrected chi connectivity index (χ3v) is 6.25. The maximum atomic E-state index is 13.5. The number of ether oxygens (including phenoxy) is 2. The predicted octanol–water partition coefficient (Wildman–Crippen LogP) is 2.32. The van der Waals surface area contributed by atoms with Crippen molar-refractivity contribution in [1.29, 1.82) is 0 Å². The Bertz CT molecular complexity index is 681. The highest BCUT2D eigenvalue weighted by Crippen LogP contribution is 2.45. The lowest BCUT2D eigenvalue weighted by atomic mass is 9.91. The molecule has 1 saturated carbocycles. The van der Waals surface area contributed by atoms with Crippen LogP contribution in [0.15, 0.2) is 30.3 Å². The van der Waals surface area contributed by atoms with Crippen molar-refractivity contribution in [1.82, 2.24) is 4.90 Å². The molecule has 3 aliphatic rings. The van der Waals surface area contributed by atoms with Crippen LogP contribution in [0.3, 0.4) is 0 Å². The molecule has 3 fully saturated rings. The van der Waals surface area contributed by atoms with E-state index in [-0.39, 0.29) is 11.8 Å². The summed E-state index contributed by atoms with van der Waals surface area (Å²) >= 11 is 0. The van der Waals surface area contributed by atoms with Crippen LogP contribution in [0.5, 0.6) is 0 Å². The molecule has 27 heavy (non-hydrogen) atoms. The van der Waals surface area contributed by atoms with Gasteiger partial charge in [-0.05, 0) is 30.2 Å². The first-order chi connectivity index (χ1) is 13.1. The summed E-state index contributed by atoms with van der Waals surface area (Å²) in [5, 5.41) is 9.60. The maximum Gasteiger partial charge on any atom is 0.308 e. The van der Waals surface area contributed by atoms with Gasteiger partial charge in [0.2, 0.25) is 0 Å². The Labute approximate surface area is 159 Å². The first kappa shape index (κ1) is 18.4. The van der Waals surface area contributed by atoms with Gasteiger partial charge in [-0.1, -0.05) is 30.3 Å². The largest absolute Gasteiger partial charge is 0.481 e. The molecule has 0 aromatic heterocycles. The smallest absolute Gasteiger partial charge is 0.308 e. The normalized spacial score (nSPS) is 27.5. The van der Waals surface area contributed by atoms with Gasteiger partial charge in [0, 0.05) is 39.1 Å². The van der Waals surface area contributed by atoms with Crippen molar-refractivity contribution in [3.05, 3.63) is 35.9 Å². The van der Waals surface area contributed by atoms with Crippen LogP contribution < -0.4 is 0 Å². The fourth-order valence-corrected chi connectivity index (χ4v) is 4.46. The molecule has 2 atom stereocenters. The summed E-state index contributed by atoms with van der Waals surface area (Å²) in [5.41, 5.74) is 0.118. The Morgan fingerprint density at radius 1 is 1.15 bits per heavy atom. The molecule has 0 spiro atoms. The van der Waals surface area contributed by atoms with Gasteiger partial charge in [-0.15, -0.1) is 0 Å². The molecule has 0 unspecified atom stereocenters. The second-order valence-corrected chi connectivity index (χ2v) is 8.04. The number of carboxylic acids is 1. The van der Waals surface area contributed by atoms with Gasteiger partial charge in [-0.3, -0.25) is 9.59 Å². The summed E-state index contributed by atoms with van der Waals surface area (Å²) in [6, 6.07) is 9.83. The minimum absolute atomic E-state index is 0.0591. The van der Waals surface area contributed by atoms with E-state index in [2.05, 4.69) is 0 Å². The van der Waals surface area contributed by atoms with E-state index < -0.39 is 17.5 Å². The first-order valence-electron chi connectivity index (χ1n) is 9.87. The minimum Gasteiger partial charge on any atom is -0.481 e. The molecule has 0 bridgehead atoms. The Balaban J connectivity index is 1.49. The SMILES string of the molecule is O=C(O)[C@H]1CN(C(=O)C2(OCc3ccccc3)CCOCC2)C[C@@H]1C1CC1. The van der Waals surface area contributed by atoms with Gasteiger partial charge in [0.05, 0.1) is 12.5 Å². The van der Waals surface area contributed by atoms with Crippen LogP contribution in [-0.2, 0) is 25.7 Å². The second-order valence-electron chi connectivity index (χ2n) is 8.04. The molecule has 0 radical (unpaired) electrons. The van der Waals surface area contributed by atoms with Crippen molar-refractivity contribution in [2.75, 3.05) is 26.3 Å². The first-order valence-corrected chi connectivity index (χ1v) is 9.87. The zero-order chi connectivity index (χ0) is 18.9. The van der Waals surface area contributed by atoms with Gasteiger partial charge < -0.3 is 19.5 Å². The van der Waals surface area contributed by atoms with Crippen LogP contribution >= 0.6 is 0 Å². The lowest BCUT2D eigenvalue weighted by molar-refractivity contribution is -0.173. The molecule has 1 amide bonds. The number of benzene rings is 1. The molecule has 1 aromatic rings. The lowest BCUT2D eigenvalue weighted by Gasteiger charge is -2.38. The summed E-state index contributed by atoms with van der Waals surface area (Å²) in [4.78, 5) is 26.9. The van der Waals surface area contributed by atoms with Gasteiger partial charge in [0.25, 0.3) is 5.91 Å². The van der Waals surface area contributed by atoms with Gasteiger partial charge in [-0.25, -0.2) is 0 Å². The van der Waals surface area contributed by atoms with E-state index in [0.29, 0.717) is 51.7 Å². The number of amides is 1. The van der Waals surface area contributed by atoms with Crippen molar-refractivity contribution in [2.45, 2.75) is 37.9 Å². The van der Waals surface area contributed by atoms with E-state index in [4.69, 9.17) is 9.47 Å². The monoisotopic (exact) mass is 373 g/mol. The fraction of sp³-hybridized carbons (Fsp3) is 0.619. The number of likely N-dealkylation sites (tertiary alicyclic amines) is 1. The van der Waals surface area contributed by atoms with Crippen LogP contribution in [0.25, 0.3) is 0 Å². The molecule has 2 aliphatic heterocycles. The summed E-state index contributed by atoms with van der Waals surface area (Å²) in [5.74, 6) is -0.755. The third kappa shape index (κ3) is 3.87. The van der Waals surface area contributed by atoms with Gasteiger partial charge in [-0.2, -0.15) is 0 Å². The summed E-state index contributed by atoms with van der Waals surface area (Å²) in [6.07, 6.45) is 3.20. The molecule has 2 heterocycles. The molecule has 1 aromatic carbocycles. The summed E-state index contributed by atoms with van der Waals surface area (Å²) in [6.45, 7) is 2.19. The highest BCUT2D eigenvalue weighted by molar-refractivity contribution is 5.86. The van der Waals surface area contributed by atoms with Crippen LogP contribution in [0.1, 0.15) is 31.2 Å². The highest BCUT2D eigenvalue weighted by atomic mass is 16.5. The number of hydrogen-bond acceptors (Lipinski definition) is 4. The molecule has 4 rings (SSSR count). The van der Waals surface area contributed by atoms with Crippen molar-refractivity contribution < 1.29 is 24.2 Å². The minimum atomic E-state index is -0.907. The number of carbonyl (C=O) groups is 2. The van der Waals surface area contributed by atoms with Gasteiger partial charge >= 0.3 is 5.97 Å². The average molecular weight is 373 g/mol. The van der Waals surface area contributed by atoms with Gasteiger partial charge in [0.1, 0.15) is 0 Å². The summed E-state index contributed by atoms with van der Waals surface area (Å²) in [7, 11) is 0. The molecular weight excluding hydrogens is 346 g/mol. The van der Waals surface area contributed by atoms with Crippen LogP contribution in [0.4, 0.5) is 0 Å². The van der Waals surface area contributed by atoms with E-state index in [1.165, 1.54) is 0 Å². The quantitative estimate of drug-likeness (QED) is 0.828. The maximum absolute atomic E-state index is 13.5. The average Bonchev–Trinajstić information content (AvgIpc) is 3.45. The standard InChI is InChI=1S/C21H27NO5/c23-19(24)18-13-22(12-17(18)16-6-7-16)20(25)21(8-10-26-11-9-21)27-14-15-4-2-1-3-5-15/h1-5,16-18H,6-14H2,(H,23,24)/t17-,18+/m1/s1. The van der Waals surface area contributed by atoms with E-state index >= 15 is 0 Å². The highest BCUT2D eigenvalue weighted by Gasteiger charge is 2.51. The zero-order valence-electron chi connectivity index (χ0n) is 15.5. The van der Waals surface area contributed by atoms with E-state index in [1.54, 1.807) is 4.90 Å². The Kier molecular flexibility index (Phi) is 5.19. The second kappa shape index (κ2) is 7.60. The molecule has 6 nitrogen and oxygen atoms in total. The number of carboxylic acid groups (broad SMARTS) is 1. The summed E-state index contributed by atoms with van der Waals surface area (Å²) < 4.78 is 11.7. The fourth-order valence-electron chi connectivity index (χ4n) is 4.46. The zero-order valence-corrected chi connectivity index (χ0v) is 15.5. The number of rotatable bonds is 6. The Morgan fingerprint density at radius 2 is 1.85 bits per heavy atom. The van der Waals surface area contributed by atoms with Crippen molar-refractivity contribution >= 4 is 11.9 Å². The third-order valence-electron chi connectivity index (χ3n) is 6.25. The molecule has 1 aliphatic carbocycles. The Morgan fingerprint density at radius 3 is 2.48 bits per heavy atom. The molecular formula is C21H27NO5. The van der Waals surface area contributed by atoms with E-state index in [0.717, 1.165) is 18.4 Å². The number of hydrogen-bond donors (Lipinski definition) is 1. The van der Waals surface area contributed by atoms with Crippen LogP contribution in [-0.4, -0.2) is 53.8 Å². The lowest BCUT2D eigenvalue weighted by Crippen LogP contribution is -2.53. The Hall–Kier alpha value is -1.92. The molecule has 146 valence electrons. The number of aliphatic carboxylic acids is 1. The van der Waals surface area contributed by atoms with Crippen LogP contribution in [0, 0.1) is 17.8 Å². The molecule has 2 saturated heterocycles. The topological polar surface area (TPSA) is 76.1 Å². The van der Waals surface area contributed by atoms with Crippen molar-refractivity contribution in [3.63, 3.8) is 0 Å². The van der Waals surface area contributed by atoms with Crippen molar-refractivity contribution in [3.8, 4) is 0 Å². The van der Waals surface area contributed by atoms with E-state index in [1.807, 2.05) is 30.3 Å². The van der Waals surface area contributed by atoms with Crippen molar-refractivity contribution in [2.24, 2.45) is 17.8 Å². The number of nitrogens with zero attached hydrogens (tertiary/aromatic N) is 1. The van der Waals surface area contributed by atoms with E-state index in [9.17, 15) is 14.7 Å². The van der Waals surface area contributed by atoms with Crippen LogP contribution in [0.2, 0.25) is 0 Å². The molecule has 6 heteroatoms. The molecule has 1 N–H and O–H groups in total. The van der Waals surface area contributed by atoms with Gasteiger partial charge in [0.15, 0.2) is 5.60 Å². The number of carbonyl (C=O) groups excluding carboxylic acids is 1.